The van der Waals surface area contributed by atoms with E-state index in [4.69, 9.17) is 0 Å². The van der Waals surface area contributed by atoms with Crippen LogP contribution < -0.4 is 0 Å². The molecule has 0 unspecified atom stereocenters. The summed E-state index contributed by atoms with van der Waals surface area (Å²) in [7, 11) is 0. The highest BCUT2D eigenvalue weighted by molar-refractivity contribution is 6.36. The molecule has 21 heavy (non-hydrogen) atoms. The number of nitrogens with zero attached hydrogens (tertiary/aromatic N) is 1. The third kappa shape index (κ3) is 3.26. The number of likely N-dealkylation sites (tertiary alicyclic amines) is 1. The molecule has 1 aromatic rings. The second-order valence-corrected chi connectivity index (χ2v) is 4.75. The molecular weight excluding hydrogens is 277 g/mol. The van der Waals surface area contributed by atoms with Crippen LogP contribution in [0.2, 0.25) is 0 Å². The zero-order chi connectivity index (χ0) is 15.4. The quantitative estimate of drug-likeness (QED) is 0.624. The number of carbonyl (C=O) groups excluding carboxylic acids is 3. The third-order valence-electron chi connectivity index (χ3n) is 3.38. The summed E-state index contributed by atoms with van der Waals surface area (Å²) in [5, 5.41) is 0. The number of Topliss-reactive ketones (excluding diaryl/α,β-unsaturated/α-hetero) is 1. The Labute approximate surface area is 121 Å². The zero-order valence-corrected chi connectivity index (χ0v) is 11.7. The van der Waals surface area contributed by atoms with Crippen LogP contribution in [0.15, 0.2) is 24.3 Å². The van der Waals surface area contributed by atoms with Gasteiger partial charge in [0, 0.05) is 12.1 Å². The summed E-state index contributed by atoms with van der Waals surface area (Å²) in [6, 6.07) is 4.31. The van der Waals surface area contributed by atoms with Gasteiger partial charge in [-0.3, -0.25) is 9.59 Å². The molecule has 1 atom stereocenters. The standard InChI is InChI=1S/C15H16FNO4/c1-2-21-15(20)13(18)12-4-3-9-17(12)14(19)10-5-7-11(16)8-6-10/h5-8,12H,2-4,9H2,1H3/t12-/m0/s1. The Morgan fingerprint density at radius 3 is 2.57 bits per heavy atom. The summed E-state index contributed by atoms with van der Waals surface area (Å²) in [4.78, 5) is 37.2. The Hall–Kier alpha value is -2.24. The van der Waals surface area contributed by atoms with Crippen molar-refractivity contribution < 1.29 is 23.5 Å². The minimum Gasteiger partial charge on any atom is -0.460 e. The average Bonchev–Trinajstić information content (AvgIpc) is 2.96. The molecule has 0 radical (unpaired) electrons. The first kappa shape index (κ1) is 15.2. The van der Waals surface area contributed by atoms with Gasteiger partial charge in [-0.2, -0.15) is 0 Å². The van der Waals surface area contributed by atoms with Crippen molar-refractivity contribution in [1.82, 2.24) is 4.90 Å². The highest BCUT2D eigenvalue weighted by Gasteiger charge is 2.38. The molecule has 1 saturated heterocycles. The second kappa shape index (κ2) is 6.47. The summed E-state index contributed by atoms with van der Waals surface area (Å²) >= 11 is 0. The number of ketones is 1. The van der Waals surface area contributed by atoms with E-state index in [1.807, 2.05) is 0 Å². The van der Waals surface area contributed by atoms with E-state index >= 15 is 0 Å². The number of halogens is 1. The first-order valence-electron chi connectivity index (χ1n) is 6.82. The van der Waals surface area contributed by atoms with E-state index in [0.717, 1.165) is 0 Å². The van der Waals surface area contributed by atoms with E-state index in [2.05, 4.69) is 4.74 Å². The van der Waals surface area contributed by atoms with Crippen molar-refractivity contribution in [2.75, 3.05) is 13.2 Å². The smallest absolute Gasteiger partial charge is 0.376 e. The van der Waals surface area contributed by atoms with Gasteiger partial charge in [-0.05, 0) is 44.0 Å². The monoisotopic (exact) mass is 293 g/mol. The van der Waals surface area contributed by atoms with Crippen molar-refractivity contribution in [2.24, 2.45) is 0 Å². The van der Waals surface area contributed by atoms with E-state index in [9.17, 15) is 18.8 Å². The maximum atomic E-state index is 12.9. The first-order chi connectivity index (χ1) is 10.0. The maximum Gasteiger partial charge on any atom is 0.376 e. The van der Waals surface area contributed by atoms with Crippen molar-refractivity contribution in [3.05, 3.63) is 35.6 Å². The molecule has 0 bridgehead atoms. The van der Waals surface area contributed by atoms with Gasteiger partial charge in [0.2, 0.25) is 0 Å². The molecule has 0 aliphatic carbocycles. The Morgan fingerprint density at radius 2 is 1.95 bits per heavy atom. The van der Waals surface area contributed by atoms with Gasteiger partial charge in [-0.1, -0.05) is 0 Å². The molecule has 5 nitrogen and oxygen atoms in total. The van der Waals surface area contributed by atoms with Gasteiger partial charge < -0.3 is 9.64 Å². The first-order valence-corrected chi connectivity index (χ1v) is 6.82. The van der Waals surface area contributed by atoms with Crippen LogP contribution in [0.4, 0.5) is 4.39 Å². The molecule has 0 spiro atoms. The lowest BCUT2D eigenvalue weighted by atomic mass is 10.1. The van der Waals surface area contributed by atoms with Gasteiger partial charge in [0.15, 0.2) is 0 Å². The minimum absolute atomic E-state index is 0.114. The molecule has 1 aliphatic rings. The fraction of sp³-hybridized carbons (Fsp3) is 0.400. The molecular formula is C15H16FNO4. The van der Waals surface area contributed by atoms with Crippen LogP contribution in [0.5, 0.6) is 0 Å². The fourth-order valence-corrected chi connectivity index (χ4v) is 2.38. The van der Waals surface area contributed by atoms with Crippen molar-refractivity contribution in [1.29, 1.82) is 0 Å². The van der Waals surface area contributed by atoms with Gasteiger partial charge >= 0.3 is 5.97 Å². The van der Waals surface area contributed by atoms with Gasteiger partial charge in [-0.25, -0.2) is 9.18 Å². The van der Waals surface area contributed by atoms with Gasteiger partial charge in [0.1, 0.15) is 11.9 Å². The number of hydrogen-bond donors (Lipinski definition) is 0. The van der Waals surface area contributed by atoms with E-state index < -0.39 is 23.6 Å². The van der Waals surface area contributed by atoms with Gasteiger partial charge in [-0.15, -0.1) is 0 Å². The van der Waals surface area contributed by atoms with E-state index in [0.29, 0.717) is 24.9 Å². The van der Waals surface area contributed by atoms with Crippen molar-refractivity contribution in [3.8, 4) is 0 Å². The van der Waals surface area contributed by atoms with Crippen molar-refractivity contribution >= 4 is 17.7 Å². The SMILES string of the molecule is CCOC(=O)C(=O)[C@@H]1CCCN1C(=O)c1ccc(F)cc1. The minimum atomic E-state index is -0.915. The topological polar surface area (TPSA) is 63.7 Å². The van der Waals surface area contributed by atoms with E-state index in [1.54, 1.807) is 6.92 Å². The predicted molar refractivity (Wildman–Crippen MR) is 72.1 cm³/mol. The van der Waals surface area contributed by atoms with Crippen LogP contribution in [0.25, 0.3) is 0 Å². The molecule has 1 aliphatic heterocycles. The van der Waals surface area contributed by atoms with Crippen LogP contribution in [-0.2, 0) is 14.3 Å². The van der Waals surface area contributed by atoms with Crippen molar-refractivity contribution in [3.63, 3.8) is 0 Å². The lowest BCUT2D eigenvalue weighted by molar-refractivity contribution is -0.155. The highest BCUT2D eigenvalue weighted by Crippen LogP contribution is 2.21. The summed E-state index contributed by atoms with van der Waals surface area (Å²) in [5.41, 5.74) is 0.292. The summed E-state index contributed by atoms with van der Waals surface area (Å²) in [6.45, 7) is 2.12. The molecule has 0 aromatic heterocycles. The predicted octanol–water partition coefficient (Wildman–Crippen LogP) is 1.56. The number of hydrogen-bond acceptors (Lipinski definition) is 4. The van der Waals surface area contributed by atoms with E-state index in [-0.39, 0.29) is 12.5 Å². The van der Waals surface area contributed by atoms with E-state index in [1.165, 1.54) is 29.2 Å². The summed E-state index contributed by atoms with van der Waals surface area (Å²) in [6.07, 6.45) is 1.08. The van der Waals surface area contributed by atoms with Crippen LogP contribution in [-0.4, -0.2) is 41.8 Å². The number of rotatable bonds is 4. The lowest BCUT2D eigenvalue weighted by Gasteiger charge is -2.23. The molecule has 6 heteroatoms. The van der Waals surface area contributed by atoms with Crippen LogP contribution >= 0.6 is 0 Å². The molecule has 1 heterocycles. The van der Waals surface area contributed by atoms with Crippen LogP contribution in [0.3, 0.4) is 0 Å². The molecule has 1 aromatic carbocycles. The average molecular weight is 293 g/mol. The van der Waals surface area contributed by atoms with Crippen LogP contribution in [0, 0.1) is 5.82 Å². The molecule has 0 N–H and O–H groups in total. The number of benzene rings is 1. The second-order valence-electron chi connectivity index (χ2n) is 4.75. The van der Waals surface area contributed by atoms with Gasteiger partial charge in [0.05, 0.1) is 6.61 Å². The zero-order valence-electron chi connectivity index (χ0n) is 11.7. The highest BCUT2D eigenvalue weighted by atomic mass is 19.1. The summed E-state index contributed by atoms with van der Waals surface area (Å²) in [5.74, 6) is -2.44. The maximum absolute atomic E-state index is 12.9. The normalized spacial score (nSPS) is 17.6. The van der Waals surface area contributed by atoms with Crippen molar-refractivity contribution in [2.45, 2.75) is 25.8 Å². The van der Waals surface area contributed by atoms with Crippen LogP contribution in [0.1, 0.15) is 30.1 Å². The number of carbonyl (C=O) groups is 3. The molecule has 2 rings (SSSR count). The van der Waals surface area contributed by atoms with Gasteiger partial charge in [0.25, 0.3) is 11.7 Å². The Morgan fingerprint density at radius 1 is 1.29 bits per heavy atom. The molecule has 1 fully saturated rings. The Kier molecular flexibility index (Phi) is 4.67. The Balaban J connectivity index is 2.14. The number of ether oxygens (including phenoxy) is 1. The number of esters is 1. The molecule has 1 amide bonds. The largest absolute Gasteiger partial charge is 0.460 e. The fourth-order valence-electron chi connectivity index (χ4n) is 2.38. The summed E-state index contributed by atoms with van der Waals surface area (Å²) < 4.78 is 17.6. The third-order valence-corrected chi connectivity index (χ3v) is 3.38. The molecule has 0 saturated carbocycles. The molecule has 112 valence electrons. The lowest BCUT2D eigenvalue weighted by Crippen LogP contribution is -2.43. The Bertz CT molecular complexity index is 555. The number of amides is 1.